The number of benzene rings is 2. The Labute approximate surface area is 183 Å². The van der Waals surface area contributed by atoms with Crippen LogP contribution in [0.3, 0.4) is 0 Å². The molecule has 0 spiro atoms. The molecule has 1 N–H and O–H groups in total. The molecule has 1 fully saturated rings. The fourth-order valence-electron chi connectivity index (χ4n) is 3.60. The number of hydrogen-bond donors (Lipinski definition) is 1. The van der Waals surface area contributed by atoms with Gasteiger partial charge in [0.05, 0.1) is 18.2 Å². The van der Waals surface area contributed by atoms with Crippen LogP contribution in [0.25, 0.3) is 5.76 Å². The monoisotopic (exact) mass is 422 g/mol. The second kappa shape index (κ2) is 10.3. The summed E-state index contributed by atoms with van der Waals surface area (Å²) in [7, 11) is 3.83. The minimum Gasteiger partial charge on any atom is -0.507 e. The van der Waals surface area contributed by atoms with Crippen molar-refractivity contribution in [3.63, 3.8) is 0 Å². The number of aliphatic hydroxyl groups excluding tert-OH is 1. The van der Waals surface area contributed by atoms with E-state index in [0.717, 1.165) is 24.2 Å². The van der Waals surface area contributed by atoms with E-state index in [4.69, 9.17) is 4.74 Å². The number of Topliss-reactive ketones (excluding diaryl/α,β-unsaturated/α-hetero) is 1. The van der Waals surface area contributed by atoms with Gasteiger partial charge in [-0.1, -0.05) is 55.8 Å². The molecule has 3 rings (SSSR count). The molecule has 6 nitrogen and oxygen atoms in total. The Morgan fingerprint density at radius 1 is 1.06 bits per heavy atom. The number of nitrogens with zero attached hydrogens (tertiary/aromatic N) is 2. The van der Waals surface area contributed by atoms with Crippen molar-refractivity contribution < 1.29 is 19.4 Å². The molecule has 1 unspecified atom stereocenters. The highest BCUT2D eigenvalue weighted by molar-refractivity contribution is 6.46. The molecular formula is C25H30N2O4. The van der Waals surface area contributed by atoms with Crippen LogP contribution in [0.15, 0.2) is 60.2 Å². The van der Waals surface area contributed by atoms with Crippen LogP contribution in [0.2, 0.25) is 0 Å². The molecule has 1 aliphatic heterocycles. The summed E-state index contributed by atoms with van der Waals surface area (Å²) in [6.07, 6.45) is 2.03. The summed E-state index contributed by atoms with van der Waals surface area (Å²) < 4.78 is 5.74. The van der Waals surface area contributed by atoms with Gasteiger partial charge in [0.2, 0.25) is 0 Å². The van der Waals surface area contributed by atoms with Crippen molar-refractivity contribution in [2.75, 3.05) is 33.8 Å². The second-order valence-electron chi connectivity index (χ2n) is 7.93. The molecule has 2 aromatic carbocycles. The summed E-state index contributed by atoms with van der Waals surface area (Å²) in [6, 6.07) is 15.6. The van der Waals surface area contributed by atoms with Crippen molar-refractivity contribution in [2.24, 2.45) is 0 Å². The number of carbonyl (C=O) groups is 2. The van der Waals surface area contributed by atoms with Gasteiger partial charge < -0.3 is 19.6 Å². The summed E-state index contributed by atoms with van der Waals surface area (Å²) in [4.78, 5) is 29.3. The Hall–Kier alpha value is -3.12. The predicted molar refractivity (Wildman–Crippen MR) is 121 cm³/mol. The molecule has 0 aliphatic carbocycles. The second-order valence-corrected chi connectivity index (χ2v) is 7.93. The SMILES string of the molecule is CCCCOc1ccc(C2C(=C(O)c3ccccc3)C(=O)C(=O)N2CCN(C)C)cc1. The number of hydrogen-bond acceptors (Lipinski definition) is 5. The van der Waals surface area contributed by atoms with Gasteiger partial charge in [0.25, 0.3) is 11.7 Å². The molecule has 164 valence electrons. The van der Waals surface area contributed by atoms with Gasteiger partial charge in [-0.05, 0) is 38.2 Å². The smallest absolute Gasteiger partial charge is 0.295 e. The first-order valence-electron chi connectivity index (χ1n) is 10.6. The third-order valence-corrected chi connectivity index (χ3v) is 5.34. The van der Waals surface area contributed by atoms with Crippen LogP contribution in [-0.4, -0.2) is 60.4 Å². The van der Waals surface area contributed by atoms with E-state index >= 15 is 0 Å². The zero-order chi connectivity index (χ0) is 22.4. The van der Waals surface area contributed by atoms with E-state index in [9.17, 15) is 14.7 Å². The highest BCUT2D eigenvalue weighted by Gasteiger charge is 2.45. The first kappa shape index (κ1) is 22.6. The Kier molecular flexibility index (Phi) is 7.47. The predicted octanol–water partition coefficient (Wildman–Crippen LogP) is 3.85. The van der Waals surface area contributed by atoms with Crippen LogP contribution >= 0.6 is 0 Å². The standard InChI is InChI=1S/C25H30N2O4/c1-4-5-17-31-20-13-11-18(12-14-20)22-21(23(28)19-9-7-6-8-10-19)24(29)25(30)27(22)16-15-26(2)3/h6-14,22,28H,4-5,15-17H2,1-3H3. The van der Waals surface area contributed by atoms with Crippen LogP contribution in [0.4, 0.5) is 0 Å². The van der Waals surface area contributed by atoms with Crippen molar-refractivity contribution in [3.8, 4) is 5.75 Å². The first-order valence-corrected chi connectivity index (χ1v) is 10.6. The normalized spacial score (nSPS) is 18.1. The third kappa shape index (κ3) is 5.14. The first-order chi connectivity index (χ1) is 14.9. The highest BCUT2D eigenvalue weighted by atomic mass is 16.5. The molecule has 1 amide bonds. The highest BCUT2D eigenvalue weighted by Crippen LogP contribution is 2.39. The summed E-state index contributed by atoms with van der Waals surface area (Å²) >= 11 is 0. The number of carbonyl (C=O) groups excluding carboxylic acids is 2. The number of unbranched alkanes of at least 4 members (excludes halogenated alkanes) is 1. The lowest BCUT2D eigenvalue weighted by Gasteiger charge is -2.26. The van der Waals surface area contributed by atoms with Crippen LogP contribution in [0.5, 0.6) is 5.75 Å². The van der Waals surface area contributed by atoms with Crippen LogP contribution in [0.1, 0.15) is 36.9 Å². The Balaban J connectivity index is 2.01. The summed E-state index contributed by atoms with van der Waals surface area (Å²) in [6.45, 7) is 3.73. The van der Waals surface area contributed by atoms with Gasteiger partial charge in [-0.15, -0.1) is 0 Å². The largest absolute Gasteiger partial charge is 0.507 e. The molecule has 1 saturated heterocycles. The van der Waals surface area contributed by atoms with E-state index in [0.29, 0.717) is 25.3 Å². The molecule has 1 aliphatic rings. The van der Waals surface area contributed by atoms with Crippen molar-refractivity contribution in [2.45, 2.75) is 25.8 Å². The molecule has 0 bridgehead atoms. The fraction of sp³-hybridized carbons (Fsp3) is 0.360. The van der Waals surface area contributed by atoms with E-state index in [2.05, 4.69) is 6.92 Å². The van der Waals surface area contributed by atoms with Gasteiger partial charge in [0, 0.05) is 18.7 Å². The number of ether oxygens (including phenoxy) is 1. The molecule has 0 aromatic heterocycles. The van der Waals surface area contributed by atoms with E-state index < -0.39 is 17.7 Å². The lowest BCUT2D eigenvalue weighted by atomic mass is 9.95. The van der Waals surface area contributed by atoms with Gasteiger partial charge in [-0.2, -0.15) is 0 Å². The summed E-state index contributed by atoms with van der Waals surface area (Å²) in [5, 5.41) is 11.0. The zero-order valence-corrected chi connectivity index (χ0v) is 18.4. The number of likely N-dealkylation sites (tertiary alicyclic amines) is 1. The molecular weight excluding hydrogens is 392 g/mol. The topological polar surface area (TPSA) is 70.1 Å². The lowest BCUT2D eigenvalue weighted by Crippen LogP contribution is -2.35. The van der Waals surface area contributed by atoms with E-state index in [-0.39, 0.29) is 11.3 Å². The number of ketones is 1. The Morgan fingerprint density at radius 2 is 1.74 bits per heavy atom. The van der Waals surface area contributed by atoms with Crippen molar-refractivity contribution in [1.29, 1.82) is 0 Å². The Morgan fingerprint density at radius 3 is 2.35 bits per heavy atom. The molecule has 2 aromatic rings. The van der Waals surface area contributed by atoms with E-state index in [1.807, 2.05) is 49.3 Å². The van der Waals surface area contributed by atoms with E-state index in [1.165, 1.54) is 0 Å². The third-order valence-electron chi connectivity index (χ3n) is 5.34. The van der Waals surface area contributed by atoms with Gasteiger partial charge in [0.15, 0.2) is 0 Å². The number of amides is 1. The molecule has 1 atom stereocenters. The Bertz CT molecular complexity index is 936. The van der Waals surface area contributed by atoms with E-state index in [1.54, 1.807) is 29.2 Å². The lowest BCUT2D eigenvalue weighted by molar-refractivity contribution is -0.140. The van der Waals surface area contributed by atoms with Crippen LogP contribution in [-0.2, 0) is 9.59 Å². The van der Waals surface area contributed by atoms with Crippen molar-refractivity contribution >= 4 is 17.4 Å². The molecule has 1 heterocycles. The van der Waals surface area contributed by atoms with Gasteiger partial charge in [0.1, 0.15) is 11.5 Å². The van der Waals surface area contributed by atoms with Crippen LogP contribution in [0, 0.1) is 0 Å². The molecule has 0 radical (unpaired) electrons. The average molecular weight is 423 g/mol. The number of likely N-dealkylation sites (N-methyl/N-ethyl adjacent to an activating group) is 1. The fourth-order valence-corrected chi connectivity index (χ4v) is 3.60. The van der Waals surface area contributed by atoms with Gasteiger partial charge in [-0.25, -0.2) is 0 Å². The van der Waals surface area contributed by atoms with Gasteiger partial charge in [-0.3, -0.25) is 9.59 Å². The summed E-state index contributed by atoms with van der Waals surface area (Å²) in [5.74, 6) is -0.661. The van der Waals surface area contributed by atoms with Crippen LogP contribution < -0.4 is 4.74 Å². The van der Waals surface area contributed by atoms with Gasteiger partial charge >= 0.3 is 0 Å². The maximum atomic E-state index is 13.0. The summed E-state index contributed by atoms with van der Waals surface area (Å²) in [5.41, 5.74) is 1.39. The molecule has 6 heteroatoms. The number of aliphatic hydroxyl groups is 1. The van der Waals surface area contributed by atoms with Crippen molar-refractivity contribution in [3.05, 3.63) is 71.3 Å². The maximum Gasteiger partial charge on any atom is 0.295 e. The van der Waals surface area contributed by atoms with Crippen molar-refractivity contribution in [1.82, 2.24) is 9.80 Å². The minimum absolute atomic E-state index is 0.120. The quantitative estimate of drug-likeness (QED) is 0.288. The average Bonchev–Trinajstić information content (AvgIpc) is 3.03. The minimum atomic E-state index is -0.659. The maximum absolute atomic E-state index is 13.0. The molecule has 31 heavy (non-hydrogen) atoms. The zero-order valence-electron chi connectivity index (χ0n) is 18.4. The number of rotatable bonds is 9. The molecule has 0 saturated carbocycles.